The number of aromatic nitrogens is 2. The van der Waals surface area contributed by atoms with Crippen LogP contribution in [0, 0.1) is 23.3 Å². The molecule has 1 atom stereocenters. The monoisotopic (exact) mass is 488 g/mol. The molecule has 6 rings (SSSR count). The normalized spacial score (nSPS) is 16.5. The van der Waals surface area contributed by atoms with Crippen LogP contribution in [0.5, 0.6) is 0 Å². The van der Waals surface area contributed by atoms with Crippen LogP contribution < -0.4 is 5.01 Å². The maximum absolute atomic E-state index is 15.1. The van der Waals surface area contributed by atoms with E-state index in [0.717, 1.165) is 41.6 Å². The summed E-state index contributed by atoms with van der Waals surface area (Å²) < 4.78 is 60.0. The molecule has 1 aliphatic heterocycles. The van der Waals surface area contributed by atoms with Crippen LogP contribution in [0.3, 0.4) is 0 Å². The standard InChI is InChI=1S/C27H16F4N4O/c28-17-4-7-20(29)23(14-17)35-27(36)19-13-16(24-21(30)8-9-22(31)25(24)26(19)33-35)12-15-2-5-18(6-3-15)34-11-1-10-32-34/h1-11,13-14,16H,12H2. The van der Waals surface area contributed by atoms with E-state index in [1.807, 2.05) is 24.3 Å². The van der Waals surface area contributed by atoms with Crippen molar-refractivity contribution in [2.45, 2.75) is 12.3 Å². The van der Waals surface area contributed by atoms with Crippen molar-refractivity contribution in [2.75, 3.05) is 5.01 Å². The molecule has 0 bridgehead atoms. The molecule has 1 aromatic heterocycles. The Morgan fingerprint density at radius 1 is 0.889 bits per heavy atom. The van der Waals surface area contributed by atoms with E-state index in [2.05, 4.69) is 10.2 Å². The number of carbonyl (C=O) groups is 1. The summed E-state index contributed by atoms with van der Waals surface area (Å²) in [6, 6.07) is 13.8. The van der Waals surface area contributed by atoms with Crippen molar-refractivity contribution < 1.29 is 22.4 Å². The molecule has 1 unspecified atom stereocenters. The molecule has 4 aromatic rings. The molecule has 0 saturated carbocycles. The van der Waals surface area contributed by atoms with Crippen molar-refractivity contribution in [3.05, 3.63) is 125 Å². The number of hydrazone groups is 1. The number of hydrogen-bond acceptors (Lipinski definition) is 3. The van der Waals surface area contributed by atoms with Crippen LogP contribution in [0.2, 0.25) is 0 Å². The van der Waals surface area contributed by atoms with Gasteiger partial charge >= 0.3 is 0 Å². The lowest BCUT2D eigenvalue weighted by Crippen LogP contribution is -2.25. The van der Waals surface area contributed by atoms with Gasteiger partial charge in [0.2, 0.25) is 0 Å². The Morgan fingerprint density at radius 2 is 1.64 bits per heavy atom. The van der Waals surface area contributed by atoms with Crippen LogP contribution in [0.4, 0.5) is 23.2 Å². The van der Waals surface area contributed by atoms with E-state index in [4.69, 9.17) is 0 Å². The second-order valence-corrected chi connectivity index (χ2v) is 8.49. The van der Waals surface area contributed by atoms with E-state index in [1.54, 1.807) is 23.1 Å². The lowest BCUT2D eigenvalue weighted by molar-refractivity contribution is -0.114. The summed E-state index contributed by atoms with van der Waals surface area (Å²) in [6.45, 7) is 0. The predicted molar refractivity (Wildman–Crippen MR) is 125 cm³/mol. The zero-order valence-corrected chi connectivity index (χ0v) is 18.5. The Bertz CT molecular complexity index is 1580. The highest BCUT2D eigenvalue weighted by Gasteiger charge is 2.41. The van der Waals surface area contributed by atoms with Crippen LogP contribution in [0.15, 0.2) is 89.8 Å². The third-order valence-corrected chi connectivity index (χ3v) is 6.29. The fourth-order valence-corrected chi connectivity index (χ4v) is 4.64. The van der Waals surface area contributed by atoms with E-state index >= 15 is 8.78 Å². The Kier molecular flexibility index (Phi) is 5.06. The molecule has 2 heterocycles. The fraction of sp³-hybridized carbons (Fsp3) is 0.0741. The fourth-order valence-electron chi connectivity index (χ4n) is 4.64. The SMILES string of the molecule is O=C1C2=CC(Cc3ccc(-n4cccn4)cc3)c3c(F)ccc(F)c3C2=NN1c1cc(F)ccc1F. The Labute approximate surface area is 202 Å². The molecular weight excluding hydrogens is 472 g/mol. The number of halogens is 4. The summed E-state index contributed by atoms with van der Waals surface area (Å²) in [7, 11) is 0. The van der Waals surface area contributed by atoms with Crippen LogP contribution >= 0.6 is 0 Å². The Hall–Kier alpha value is -4.53. The predicted octanol–water partition coefficient (Wildman–Crippen LogP) is 5.45. The molecule has 36 heavy (non-hydrogen) atoms. The highest BCUT2D eigenvalue weighted by molar-refractivity contribution is 6.36. The minimum Gasteiger partial charge on any atom is -0.267 e. The van der Waals surface area contributed by atoms with E-state index < -0.39 is 40.8 Å². The topological polar surface area (TPSA) is 50.5 Å². The molecule has 1 aliphatic carbocycles. The third kappa shape index (κ3) is 3.51. The molecular formula is C27H16F4N4O. The van der Waals surface area contributed by atoms with Crippen molar-refractivity contribution in [3.63, 3.8) is 0 Å². The van der Waals surface area contributed by atoms with Gasteiger partial charge < -0.3 is 0 Å². The number of nitrogens with zero attached hydrogens (tertiary/aromatic N) is 4. The molecule has 5 nitrogen and oxygen atoms in total. The van der Waals surface area contributed by atoms with Crippen molar-refractivity contribution in [3.8, 4) is 5.69 Å². The molecule has 2 aliphatic rings. The first-order valence-corrected chi connectivity index (χ1v) is 11.1. The first-order chi connectivity index (χ1) is 17.4. The minimum absolute atomic E-state index is 0.00817. The largest absolute Gasteiger partial charge is 0.280 e. The molecule has 3 aromatic carbocycles. The van der Waals surface area contributed by atoms with Gasteiger partial charge in [-0.25, -0.2) is 22.2 Å². The van der Waals surface area contributed by atoms with Gasteiger partial charge in [0.05, 0.1) is 11.3 Å². The summed E-state index contributed by atoms with van der Waals surface area (Å²) in [5.74, 6) is -4.49. The number of rotatable bonds is 4. The van der Waals surface area contributed by atoms with Crippen LogP contribution in [0.25, 0.3) is 5.69 Å². The van der Waals surface area contributed by atoms with Crippen LogP contribution in [0.1, 0.15) is 22.6 Å². The van der Waals surface area contributed by atoms with E-state index in [9.17, 15) is 13.6 Å². The highest BCUT2D eigenvalue weighted by Crippen LogP contribution is 2.40. The van der Waals surface area contributed by atoms with Gasteiger partial charge in [0.1, 0.15) is 34.7 Å². The first-order valence-electron chi connectivity index (χ1n) is 11.1. The molecule has 0 radical (unpaired) electrons. The number of allylic oxidation sites excluding steroid dienone is 1. The maximum Gasteiger partial charge on any atom is 0.280 e. The van der Waals surface area contributed by atoms with Gasteiger partial charge in [0.25, 0.3) is 5.91 Å². The summed E-state index contributed by atoms with van der Waals surface area (Å²) in [5, 5.41) is 8.97. The third-order valence-electron chi connectivity index (χ3n) is 6.29. The van der Waals surface area contributed by atoms with Crippen molar-refractivity contribution in [2.24, 2.45) is 5.10 Å². The molecule has 0 spiro atoms. The van der Waals surface area contributed by atoms with Gasteiger partial charge in [-0.3, -0.25) is 4.79 Å². The lowest BCUT2D eigenvalue weighted by atomic mass is 9.79. The first kappa shape index (κ1) is 22.0. The maximum atomic E-state index is 15.1. The molecule has 1 amide bonds. The molecule has 0 saturated heterocycles. The average molecular weight is 488 g/mol. The van der Waals surface area contributed by atoms with Gasteiger partial charge in [-0.05, 0) is 54.4 Å². The number of hydrogen-bond donors (Lipinski definition) is 0. The second-order valence-electron chi connectivity index (χ2n) is 8.49. The average Bonchev–Trinajstić information content (AvgIpc) is 3.52. The number of carbonyl (C=O) groups excluding carboxylic acids is 1. The number of anilines is 1. The summed E-state index contributed by atoms with van der Waals surface area (Å²) in [6.07, 6.45) is 5.25. The number of benzene rings is 3. The van der Waals surface area contributed by atoms with Crippen molar-refractivity contribution in [1.29, 1.82) is 0 Å². The van der Waals surface area contributed by atoms with Gasteiger partial charge in [-0.15, -0.1) is 0 Å². The van der Waals surface area contributed by atoms with Crippen molar-refractivity contribution in [1.82, 2.24) is 9.78 Å². The zero-order valence-electron chi connectivity index (χ0n) is 18.5. The quantitative estimate of drug-likeness (QED) is 0.359. The van der Waals surface area contributed by atoms with E-state index in [0.29, 0.717) is 5.01 Å². The summed E-state index contributed by atoms with van der Waals surface area (Å²) in [4.78, 5) is 13.2. The van der Waals surface area contributed by atoms with Crippen LogP contribution in [-0.2, 0) is 11.2 Å². The number of fused-ring (bicyclic) bond motifs is 3. The molecule has 0 N–H and O–H groups in total. The summed E-state index contributed by atoms with van der Waals surface area (Å²) >= 11 is 0. The van der Waals surface area contributed by atoms with Gasteiger partial charge in [-0.1, -0.05) is 18.2 Å². The Balaban J connectivity index is 1.42. The smallest absolute Gasteiger partial charge is 0.267 e. The Morgan fingerprint density at radius 3 is 2.39 bits per heavy atom. The van der Waals surface area contributed by atoms with E-state index in [-0.39, 0.29) is 28.8 Å². The highest BCUT2D eigenvalue weighted by atomic mass is 19.1. The molecule has 178 valence electrons. The zero-order chi connectivity index (χ0) is 25.0. The van der Waals surface area contributed by atoms with E-state index in [1.165, 1.54) is 6.08 Å². The summed E-state index contributed by atoms with van der Waals surface area (Å²) in [5.41, 5.74) is 1.04. The van der Waals surface area contributed by atoms with Gasteiger partial charge in [0.15, 0.2) is 0 Å². The van der Waals surface area contributed by atoms with Crippen molar-refractivity contribution >= 4 is 17.3 Å². The molecule has 9 heteroatoms. The lowest BCUT2D eigenvalue weighted by Gasteiger charge is -2.24. The second kappa shape index (κ2) is 8.30. The van der Waals surface area contributed by atoms with Gasteiger partial charge in [0, 0.05) is 35.5 Å². The minimum atomic E-state index is -0.873. The van der Waals surface area contributed by atoms with Crippen LogP contribution in [-0.4, -0.2) is 21.4 Å². The van der Waals surface area contributed by atoms with Gasteiger partial charge in [-0.2, -0.15) is 15.2 Å². The number of amides is 1. The molecule has 0 fully saturated rings.